The van der Waals surface area contributed by atoms with E-state index in [1.54, 1.807) is 0 Å². The maximum Gasteiger partial charge on any atom is 0.253 e. The van der Waals surface area contributed by atoms with Crippen LogP contribution in [0, 0.1) is 5.41 Å². The van der Waals surface area contributed by atoms with Crippen LogP contribution in [0.5, 0.6) is 0 Å². The van der Waals surface area contributed by atoms with Gasteiger partial charge in [-0.25, -0.2) is 4.98 Å². The van der Waals surface area contributed by atoms with Crippen LogP contribution in [0.3, 0.4) is 0 Å². The number of aromatic nitrogens is 1. The third-order valence-electron chi connectivity index (χ3n) is 6.83. The van der Waals surface area contributed by atoms with Crippen LogP contribution in [0.15, 0.2) is 52.9 Å². The molecule has 160 valence electrons. The number of fused-ring (bicyclic) bond motifs is 1. The molecule has 2 aliphatic carbocycles. The van der Waals surface area contributed by atoms with Crippen LogP contribution < -0.4 is 5.32 Å². The number of hydrogen-bond acceptors (Lipinski definition) is 4. The van der Waals surface area contributed by atoms with Gasteiger partial charge in [0.25, 0.3) is 5.91 Å². The summed E-state index contributed by atoms with van der Waals surface area (Å²) in [6.07, 6.45) is 4.59. The number of para-hydroxylation sites is 2. The Balaban J connectivity index is 1.23. The SMILES string of the molecule is CN(C(=O)c1ccc(-c2nc3ccccc3o2)cc1)C1CCC(NC(=O)C2(C)CC2)C1. The van der Waals surface area contributed by atoms with E-state index in [0.29, 0.717) is 11.5 Å². The fourth-order valence-electron chi connectivity index (χ4n) is 4.34. The molecule has 5 rings (SSSR count). The maximum atomic E-state index is 13.0. The van der Waals surface area contributed by atoms with Gasteiger partial charge in [-0.1, -0.05) is 19.1 Å². The summed E-state index contributed by atoms with van der Waals surface area (Å²) in [4.78, 5) is 31.7. The molecule has 0 aliphatic heterocycles. The van der Waals surface area contributed by atoms with Crippen molar-refractivity contribution in [2.45, 2.75) is 51.1 Å². The van der Waals surface area contributed by atoms with Gasteiger partial charge in [0.2, 0.25) is 11.8 Å². The highest BCUT2D eigenvalue weighted by molar-refractivity contribution is 5.94. The van der Waals surface area contributed by atoms with Crippen LogP contribution >= 0.6 is 0 Å². The Hall–Kier alpha value is -3.15. The number of nitrogens with one attached hydrogen (secondary N) is 1. The summed E-state index contributed by atoms with van der Waals surface area (Å²) in [7, 11) is 1.86. The number of carbonyl (C=O) groups excluding carboxylic acids is 2. The van der Waals surface area contributed by atoms with E-state index in [0.717, 1.165) is 48.8 Å². The summed E-state index contributed by atoms with van der Waals surface area (Å²) < 4.78 is 5.81. The number of carbonyl (C=O) groups is 2. The molecule has 2 aromatic carbocycles. The van der Waals surface area contributed by atoms with E-state index in [1.807, 2.05) is 67.4 Å². The smallest absolute Gasteiger partial charge is 0.253 e. The molecule has 2 amide bonds. The molecule has 0 spiro atoms. The lowest BCUT2D eigenvalue weighted by atomic mass is 10.1. The van der Waals surface area contributed by atoms with Crippen LogP contribution in [0.2, 0.25) is 0 Å². The zero-order valence-corrected chi connectivity index (χ0v) is 17.9. The molecular weight excluding hydrogens is 390 g/mol. The van der Waals surface area contributed by atoms with Crippen molar-refractivity contribution in [2.24, 2.45) is 5.41 Å². The summed E-state index contributed by atoms with van der Waals surface area (Å²) in [6.45, 7) is 2.02. The Morgan fingerprint density at radius 1 is 1.10 bits per heavy atom. The number of hydrogen-bond donors (Lipinski definition) is 1. The number of nitrogens with zero attached hydrogens (tertiary/aromatic N) is 2. The summed E-state index contributed by atoms with van der Waals surface area (Å²) in [5.74, 6) is 0.712. The van der Waals surface area contributed by atoms with Gasteiger partial charge in [-0.3, -0.25) is 9.59 Å². The number of rotatable bonds is 5. The van der Waals surface area contributed by atoms with Crippen molar-refractivity contribution in [2.75, 3.05) is 7.05 Å². The third kappa shape index (κ3) is 3.82. The molecular formula is C25H27N3O3. The largest absolute Gasteiger partial charge is 0.436 e. The molecule has 6 heteroatoms. The molecule has 0 saturated heterocycles. The van der Waals surface area contributed by atoms with E-state index in [9.17, 15) is 9.59 Å². The van der Waals surface area contributed by atoms with Crippen molar-refractivity contribution in [1.29, 1.82) is 0 Å². The number of amides is 2. The lowest BCUT2D eigenvalue weighted by Crippen LogP contribution is -2.40. The van der Waals surface area contributed by atoms with Crippen LogP contribution in [-0.2, 0) is 4.79 Å². The van der Waals surface area contributed by atoms with Crippen molar-refractivity contribution in [3.05, 3.63) is 54.1 Å². The number of oxazole rings is 1. The molecule has 2 aliphatic rings. The molecule has 6 nitrogen and oxygen atoms in total. The first-order valence-corrected chi connectivity index (χ1v) is 11.0. The average molecular weight is 418 g/mol. The summed E-state index contributed by atoms with van der Waals surface area (Å²) in [5.41, 5.74) is 2.89. The second-order valence-corrected chi connectivity index (χ2v) is 9.18. The van der Waals surface area contributed by atoms with Gasteiger partial charge in [0, 0.05) is 35.7 Å². The Labute approximate surface area is 181 Å². The first-order valence-electron chi connectivity index (χ1n) is 11.0. The Kier molecular flexibility index (Phi) is 4.80. The molecule has 1 aromatic heterocycles. The van der Waals surface area contributed by atoms with Crippen molar-refractivity contribution in [3.8, 4) is 11.5 Å². The molecule has 2 atom stereocenters. The van der Waals surface area contributed by atoms with Gasteiger partial charge in [0.1, 0.15) is 5.52 Å². The molecule has 31 heavy (non-hydrogen) atoms. The second kappa shape index (κ2) is 7.52. The van der Waals surface area contributed by atoms with Gasteiger partial charge in [0.15, 0.2) is 5.58 Å². The van der Waals surface area contributed by atoms with E-state index >= 15 is 0 Å². The lowest BCUT2D eigenvalue weighted by Gasteiger charge is -2.25. The topological polar surface area (TPSA) is 75.4 Å². The van der Waals surface area contributed by atoms with Crippen LogP contribution in [-0.4, -0.2) is 40.8 Å². The quantitative estimate of drug-likeness (QED) is 0.667. The molecule has 1 heterocycles. The van der Waals surface area contributed by atoms with Gasteiger partial charge in [0.05, 0.1) is 0 Å². The van der Waals surface area contributed by atoms with Gasteiger partial charge in [-0.2, -0.15) is 0 Å². The molecule has 0 bridgehead atoms. The van der Waals surface area contributed by atoms with Crippen molar-refractivity contribution >= 4 is 22.9 Å². The minimum Gasteiger partial charge on any atom is -0.436 e. The van der Waals surface area contributed by atoms with Gasteiger partial charge in [-0.05, 0) is 68.5 Å². The molecule has 1 N–H and O–H groups in total. The first kappa shape index (κ1) is 19.8. The fraction of sp³-hybridized carbons (Fsp3) is 0.400. The summed E-state index contributed by atoms with van der Waals surface area (Å²) in [5, 5.41) is 3.19. The van der Waals surface area contributed by atoms with Gasteiger partial charge < -0.3 is 14.6 Å². The minimum absolute atomic E-state index is 0.00440. The van der Waals surface area contributed by atoms with E-state index < -0.39 is 0 Å². The Morgan fingerprint density at radius 3 is 2.55 bits per heavy atom. The third-order valence-corrected chi connectivity index (χ3v) is 6.83. The molecule has 2 saturated carbocycles. The zero-order valence-electron chi connectivity index (χ0n) is 17.9. The summed E-state index contributed by atoms with van der Waals surface area (Å²) >= 11 is 0. The van der Waals surface area contributed by atoms with Crippen LogP contribution in [0.4, 0.5) is 0 Å². The Bertz CT molecular complexity index is 1100. The molecule has 3 aromatic rings. The van der Waals surface area contributed by atoms with Crippen molar-refractivity contribution in [1.82, 2.24) is 15.2 Å². The monoisotopic (exact) mass is 417 g/mol. The minimum atomic E-state index is -0.156. The van der Waals surface area contributed by atoms with E-state index in [2.05, 4.69) is 10.3 Å². The summed E-state index contributed by atoms with van der Waals surface area (Å²) in [6, 6.07) is 15.3. The lowest BCUT2D eigenvalue weighted by molar-refractivity contribution is -0.126. The number of benzene rings is 2. The second-order valence-electron chi connectivity index (χ2n) is 9.18. The van der Waals surface area contributed by atoms with Gasteiger partial charge in [-0.15, -0.1) is 0 Å². The van der Waals surface area contributed by atoms with Crippen LogP contribution in [0.25, 0.3) is 22.6 Å². The Morgan fingerprint density at radius 2 is 1.84 bits per heavy atom. The standard InChI is InChI=1S/C25H27N3O3/c1-25(13-14-25)24(30)26-18-11-12-19(15-18)28(2)23(29)17-9-7-16(8-10-17)22-27-20-5-3-4-6-21(20)31-22/h3-10,18-19H,11-15H2,1-2H3,(H,26,30). The first-order chi connectivity index (χ1) is 14.9. The molecule has 2 unspecified atom stereocenters. The zero-order chi connectivity index (χ0) is 21.6. The van der Waals surface area contributed by atoms with Crippen molar-refractivity contribution < 1.29 is 14.0 Å². The van der Waals surface area contributed by atoms with E-state index in [4.69, 9.17) is 4.42 Å². The highest BCUT2D eigenvalue weighted by atomic mass is 16.3. The normalized spacial score (nSPS) is 21.7. The predicted molar refractivity (Wildman–Crippen MR) is 118 cm³/mol. The predicted octanol–water partition coefficient (Wildman–Crippen LogP) is 4.40. The van der Waals surface area contributed by atoms with E-state index in [1.165, 1.54) is 0 Å². The van der Waals surface area contributed by atoms with Gasteiger partial charge >= 0.3 is 0 Å². The molecule has 0 radical (unpaired) electrons. The highest BCUT2D eigenvalue weighted by Crippen LogP contribution is 2.45. The molecule has 2 fully saturated rings. The average Bonchev–Trinajstić information content (AvgIpc) is 3.19. The van der Waals surface area contributed by atoms with Crippen LogP contribution in [0.1, 0.15) is 49.4 Å². The van der Waals surface area contributed by atoms with Crippen molar-refractivity contribution in [3.63, 3.8) is 0 Å². The fourth-order valence-corrected chi connectivity index (χ4v) is 4.34. The maximum absolute atomic E-state index is 13.0. The van der Waals surface area contributed by atoms with E-state index in [-0.39, 0.29) is 29.3 Å². The highest BCUT2D eigenvalue weighted by Gasteiger charge is 2.46.